The number of rotatable bonds is 6. The lowest BCUT2D eigenvalue weighted by Crippen LogP contribution is -2.49. The molecule has 1 saturated heterocycles. The van der Waals surface area contributed by atoms with Crippen LogP contribution in [0.1, 0.15) is 0 Å². The zero-order chi connectivity index (χ0) is 17.9. The third-order valence-electron chi connectivity index (χ3n) is 3.56. The standard InChI is InChI=1S/C14H18Cl2N2O5S/c1-17(9-13(19)20)7-10-8-18(5-6-23-10)24(21,22)12-4-2-3-11(15)14(12)16/h2-4,10H,5-9H2,1H3,(H,19,20). The average Bonchev–Trinajstić information content (AvgIpc) is 2.49. The van der Waals surface area contributed by atoms with E-state index in [4.69, 9.17) is 33.0 Å². The number of sulfonamides is 1. The molecule has 10 heteroatoms. The highest BCUT2D eigenvalue weighted by atomic mass is 35.5. The van der Waals surface area contributed by atoms with Gasteiger partial charge in [-0.05, 0) is 19.2 Å². The van der Waals surface area contributed by atoms with Gasteiger partial charge in [0.1, 0.15) is 4.90 Å². The summed E-state index contributed by atoms with van der Waals surface area (Å²) in [6.07, 6.45) is -0.421. The molecule has 0 spiro atoms. The molecule has 1 aliphatic heterocycles. The maximum absolute atomic E-state index is 12.8. The van der Waals surface area contributed by atoms with Crippen molar-refractivity contribution < 1.29 is 23.1 Å². The van der Waals surface area contributed by atoms with Gasteiger partial charge in [0.15, 0.2) is 0 Å². The van der Waals surface area contributed by atoms with E-state index in [-0.39, 0.29) is 41.2 Å². The zero-order valence-electron chi connectivity index (χ0n) is 13.0. The van der Waals surface area contributed by atoms with Crippen molar-refractivity contribution in [2.45, 2.75) is 11.0 Å². The third kappa shape index (κ3) is 4.59. The number of halogens is 2. The number of carboxylic acid groups (broad SMARTS) is 1. The zero-order valence-corrected chi connectivity index (χ0v) is 15.3. The summed E-state index contributed by atoms with van der Waals surface area (Å²) in [4.78, 5) is 12.2. The van der Waals surface area contributed by atoms with Gasteiger partial charge in [-0.25, -0.2) is 8.42 Å². The molecule has 1 aromatic rings. The van der Waals surface area contributed by atoms with Crippen LogP contribution in [0.15, 0.2) is 23.1 Å². The van der Waals surface area contributed by atoms with E-state index < -0.39 is 22.1 Å². The Kier molecular flexibility index (Phi) is 6.46. The second kappa shape index (κ2) is 7.99. The highest BCUT2D eigenvalue weighted by Gasteiger charge is 2.33. The summed E-state index contributed by atoms with van der Waals surface area (Å²) in [5.74, 6) is -0.955. The number of nitrogens with zero attached hydrogens (tertiary/aromatic N) is 2. The van der Waals surface area contributed by atoms with Crippen LogP contribution in [0.25, 0.3) is 0 Å². The Hall–Kier alpha value is -0.900. The maximum atomic E-state index is 12.8. The molecular weight excluding hydrogens is 379 g/mol. The Morgan fingerprint density at radius 3 is 2.83 bits per heavy atom. The lowest BCUT2D eigenvalue weighted by Gasteiger charge is -2.34. The predicted octanol–water partition coefficient (Wildman–Crippen LogP) is 1.40. The van der Waals surface area contributed by atoms with Gasteiger partial charge in [0.05, 0.1) is 29.3 Å². The summed E-state index contributed by atoms with van der Waals surface area (Å²) < 4.78 is 32.4. The Morgan fingerprint density at radius 2 is 2.17 bits per heavy atom. The fourth-order valence-corrected chi connectivity index (χ4v) is 4.68. The Morgan fingerprint density at radius 1 is 1.46 bits per heavy atom. The Balaban J connectivity index is 2.13. The van der Waals surface area contributed by atoms with Gasteiger partial charge in [0.2, 0.25) is 10.0 Å². The first-order chi connectivity index (χ1) is 11.2. The van der Waals surface area contributed by atoms with Crippen molar-refractivity contribution in [3.8, 4) is 0 Å². The molecular formula is C14H18Cl2N2O5S. The molecule has 0 amide bonds. The first-order valence-electron chi connectivity index (χ1n) is 7.18. The number of aliphatic carboxylic acids is 1. The number of carboxylic acids is 1. The van der Waals surface area contributed by atoms with Crippen LogP contribution in [-0.4, -0.2) is 74.6 Å². The minimum Gasteiger partial charge on any atom is -0.480 e. The summed E-state index contributed by atoms with van der Waals surface area (Å²) in [6, 6.07) is 4.45. The third-order valence-corrected chi connectivity index (χ3v) is 6.39. The van der Waals surface area contributed by atoms with Crippen molar-refractivity contribution in [3.05, 3.63) is 28.2 Å². The van der Waals surface area contributed by atoms with E-state index in [2.05, 4.69) is 0 Å². The number of carbonyl (C=O) groups is 1. The molecule has 1 unspecified atom stereocenters. The fourth-order valence-electron chi connectivity index (χ4n) is 2.49. The van der Waals surface area contributed by atoms with Gasteiger partial charge >= 0.3 is 5.97 Å². The summed E-state index contributed by atoms with van der Waals surface area (Å²) in [6.45, 7) is 0.705. The minimum atomic E-state index is -3.80. The molecule has 7 nitrogen and oxygen atoms in total. The summed E-state index contributed by atoms with van der Waals surface area (Å²) >= 11 is 11.9. The molecule has 1 aliphatic rings. The van der Waals surface area contributed by atoms with Gasteiger partial charge in [-0.15, -0.1) is 0 Å². The van der Waals surface area contributed by atoms with Gasteiger partial charge in [-0.1, -0.05) is 29.3 Å². The summed E-state index contributed by atoms with van der Waals surface area (Å²) in [7, 11) is -2.17. The van der Waals surface area contributed by atoms with Crippen molar-refractivity contribution >= 4 is 39.2 Å². The van der Waals surface area contributed by atoms with Crippen molar-refractivity contribution in [1.29, 1.82) is 0 Å². The lowest BCUT2D eigenvalue weighted by atomic mass is 10.3. The van der Waals surface area contributed by atoms with Crippen molar-refractivity contribution in [2.24, 2.45) is 0 Å². The van der Waals surface area contributed by atoms with Crippen LogP contribution in [-0.2, 0) is 19.6 Å². The highest BCUT2D eigenvalue weighted by Crippen LogP contribution is 2.31. The molecule has 1 heterocycles. The van der Waals surface area contributed by atoms with E-state index in [1.807, 2.05) is 0 Å². The van der Waals surface area contributed by atoms with E-state index in [1.165, 1.54) is 22.5 Å². The first kappa shape index (κ1) is 19.4. The largest absolute Gasteiger partial charge is 0.480 e. The molecule has 1 atom stereocenters. The number of hydrogen-bond acceptors (Lipinski definition) is 5. The predicted molar refractivity (Wildman–Crippen MR) is 90.1 cm³/mol. The van der Waals surface area contributed by atoms with Crippen LogP contribution < -0.4 is 0 Å². The van der Waals surface area contributed by atoms with E-state index in [1.54, 1.807) is 11.9 Å². The normalized spacial score (nSPS) is 19.6. The van der Waals surface area contributed by atoms with E-state index in [0.717, 1.165) is 0 Å². The van der Waals surface area contributed by atoms with E-state index in [9.17, 15) is 13.2 Å². The van der Waals surface area contributed by atoms with Gasteiger partial charge in [0, 0.05) is 19.6 Å². The molecule has 1 fully saturated rings. The molecule has 0 aliphatic carbocycles. The Bertz CT molecular complexity index is 713. The number of hydrogen-bond donors (Lipinski definition) is 1. The van der Waals surface area contributed by atoms with Crippen LogP contribution in [0.4, 0.5) is 0 Å². The van der Waals surface area contributed by atoms with Crippen LogP contribution in [0.5, 0.6) is 0 Å². The first-order valence-corrected chi connectivity index (χ1v) is 9.37. The number of likely N-dealkylation sites (N-methyl/N-ethyl adjacent to an activating group) is 1. The second-order valence-corrected chi connectivity index (χ2v) is 8.19. The molecule has 2 rings (SSSR count). The second-order valence-electron chi connectivity index (χ2n) is 5.50. The molecule has 0 bridgehead atoms. The van der Waals surface area contributed by atoms with Crippen molar-refractivity contribution in [1.82, 2.24) is 9.21 Å². The molecule has 24 heavy (non-hydrogen) atoms. The molecule has 1 aromatic carbocycles. The average molecular weight is 397 g/mol. The van der Waals surface area contributed by atoms with Gasteiger partial charge in [0.25, 0.3) is 0 Å². The SMILES string of the molecule is CN(CC(=O)O)CC1CN(S(=O)(=O)c2cccc(Cl)c2Cl)CCO1. The topological polar surface area (TPSA) is 87.2 Å². The summed E-state index contributed by atoms with van der Waals surface area (Å²) in [5.41, 5.74) is 0. The lowest BCUT2D eigenvalue weighted by molar-refractivity contribution is -0.138. The molecule has 134 valence electrons. The van der Waals surface area contributed by atoms with Crippen molar-refractivity contribution in [3.63, 3.8) is 0 Å². The quantitative estimate of drug-likeness (QED) is 0.781. The highest BCUT2D eigenvalue weighted by molar-refractivity contribution is 7.89. The number of morpholine rings is 1. The fraction of sp³-hybridized carbons (Fsp3) is 0.500. The van der Waals surface area contributed by atoms with Crippen molar-refractivity contribution in [2.75, 3.05) is 39.8 Å². The molecule has 0 radical (unpaired) electrons. The molecule has 1 N–H and O–H groups in total. The van der Waals surface area contributed by atoms with Crippen LogP contribution in [0.2, 0.25) is 10.0 Å². The van der Waals surface area contributed by atoms with Gasteiger partial charge < -0.3 is 9.84 Å². The van der Waals surface area contributed by atoms with Crippen LogP contribution in [0, 0.1) is 0 Å². The van der Waals surface area contributed by atoms with Gasteiger partial charge in [-0.3, -0.25) is 9.69 Å². The summed E-state index contributed by atoms with van der Waals surface area (Å²) in [5, 5.41) is 8.94. The van der Waals surface area contributed by atoms with Crippen LogP contribution in [0.3, 0.4) is 0 Å². The molecule has 0 saturated carbocycles. The van der Waals surface area contributed by atoms with Crippen LogP contribution >= 0.6 is 23.2 Å². The molecule has 0 aromatic heterocycles. The monoisotopic (exact) mass is 396 g/mol. The number of benzene rings is 1. The smallest absolute Gasteiger partial charge is 0.317 e. The van der Waals surface area contributed by atoms with E-state index >= 15 is 0 Å². The van der Waals surface area contributed by atoms with Gasteiger partial charge in [-0.2, -0.15) is 4.31 Å². The minimum absolute atomic E-state index is 0.00907. The van der Waals surface area contributed by atoms with E-state index in [0.29, 0.717) is 6.54 Å². The maximum Gasteiger partial charge on any atom is 0.317 e. The number of ether oxygens (including phenoxy) is 1. The Labute approximate surface area is 150 Å².